The van der Waals surface area contributed by atoms with E-state index in [4.69, 9.17) is 9.73 Å². The Morgan fingerprint density at radius 1 is 1.24 bits per heavy atom. The van der Waals surface area contributed by atoms with Crippen LogP contribution in [-0.4, -0.2) is 54.2 Å². The molecule has 29 heavy (non-hydrogen) atoms. The number of ether oxygens (including phenoxy) is 1. The lowest BCUT2D eigenvalue weighted by molar-refractivity contribution is 0.0963. The van der Waals surface area contributed by atoms with Crippen molar-refractivity contribution >= 4 is 46.9 Å². The highest BCUT2D eigenvalue weighted by Gasteiger charge is 2.24. The second kappa shape index (κ2) is 11.8. The first kappa shape index (κ1) is 23.2. The monoisotopic (exact) mass is 511 g/mol. The van der Waals surface area contributed by atoms with E-state index in [1.807, 2.05) is 37.4 Å². The van der Waals surface area contributed by atoms with Crippen LogP contribution in [0.3, 0.4) is 0 Å². The van der Waals surface area contributed by atoms with E-state index in [-0.39, 0.29) is 36.1 Å². The van der Waals surface area contributed by atoms with Crippen LogP contribution in [0, 0.1) is 0 Å². The minimum atomic E-state index is -0.217. The van der Waals surface area contributed by atoms with Gasteiger partial charge in [0.2, 0.25) is 0 Å². The van der Waals surface area contributed by atoms with E-state index in [2.05, 4.69) is 28.6 Å². The molecule has 2 heterocycles. The number of pyridine rings is 1. The molecule has 0 spiro atoms. The van der Waals surface area contributed by atoms with E-state index in [1.165, 1.54) is 0 Å². The molecular weight excluding hydrogens is 481 g/mol. The van der Waals surface area contributed by atoms with Crippen LogP contribution in [0.2, 0.25) is 0 Å². The second-order valence-corrected chi connectivity index (χ2v) is 6.79. The van der Waals surface area contributed by atoms with Crippen LogP contribution in [0.5, 0.6) is 0 Å². The highest BCUT2D eigenvalue weighted by molar-refractivity contribution is 14.0. The van der Waals surface area contributed by atoms with Crippen molar-refractivity contribution < 1.29 is 9.53 Å². The molecule has 3 rings (SSSR count). The summed E-state index contributed by atoms with van der Waals surface area (Å²) in [5.74, 6) is 0.804. The van der Waals surface area contributed by atoms with Gasteiger partial charge in [-0.25, -0.2) is 9.79 Å². The zero-order valence-corrected chi connectivity index (χ0v) is 19.4. The number of carbonyl (C=O) groups is 1. The Balaban J connectivity index is 0.00000300. The first-order chi connectivity index (χ1) is 13.7. The number of hydrogen-bond acceptors (Lipinski definition) is 4. The van der Waals surface area contributed by atoms with Crippen molar-refractivity contribution in [3.8, 4) is 0 Å². The van der Waals surface area contributed by atoms with Gasteiger partial charge < -0.3 is 20.3 Å². The number of fused-ring (bicyclic) bond motifs is 1. The van der Waals surface area contributed by atoms with Gasteiger partial charge >= 0.3 is 6.09 Å². The van der Waals surface area contributed by atoms with E-state index in [1.54, 1.807) is 4.90 Å². The van der Waals surface area contributed by atoms with Crippen LogP contribution in [0.4, 0.5) is 4.79 Å². The van der Waals surface area contributed by atoms with Crippen molar-refractivity contribution in [2.24, 2.45) is 4.99 Å². The predicted octanol–water partition coefficient (Wildman–Crippen LogP) is 3.53. The fourth-order valence-corrected chi connectivity index (χ4v) is 3.39. The molecule has 0 atom stereocenters. The Morgan fingerprint density at radius 2 is 2.00 bits per heavy atom. The number of halogens is 1. The molecule has 1 amide bonds. The van der Waals surface area contributed by atoms with Gasteiger partial charge in [-0.15, -0.1) is 24.0 Å². The predicted molar refractivity (Wildman–Crippen MR) is 127 cm³/mol. The Bertz CT molecular complexity index is 816. The third kappa shape index (κ3) is 6.45. The Kier molecular flexibility index (Phi) is 9.43. The van der Waals surface area contributed by atoms with Gasteiger partial charge in [-0.3, -0.25) is 4.98 Å². The molecule has 1 aliphatic heterocycles. The molecular formula is C21H30IN5O2. The number of guanidine groups is 1. The smallest absolute Gasteiger partial charge is 0.409 e. The Hall–Kier alpha value is -2.10. The third-order valence-electron chi connectivity index (χ3n) is 4.85. The van der Waals surface area contributed by atoms with E-state index in [0.717, 1.165) is 41.8 Å². The maximum absolute atomic E-state index is 11.8. The molecule has 0 unspecified atom stereocenters. The molecule has 0 radical (unpaired) electrons. The lowest BCUT2D eigenvalue weighted by atomic mass is 10.1. The number of benzene rings is 1. The van der Waals surface area contributed by atoms with Crippen LogP contribution in [0.25, 0.3) is 10.9 Å². The van der Waals surface area contributed by atoms with Crippen molar-refractivity contribution in [1.29, 1.82) is 0 Å². The Morgan fingerprint density at radius 3 is 2.72 bits per heavy atom. The molecule has 2 N–H and O–H groups in total. The average molecular weight is 511 g/mol. The molecule has 7 nitrogen and oxygen atoms in total. The second-order valence-electron chi connectivity index (χ2n) is 6.79. The van der Waals surface area contributed by atoms with Crippen LogP contribution in [0.15, 0.2) is 41.5 Å². The Labute approximate surface area is 189 Å². The summed E-state index contributed by atoms with van der Waals surface area (Å²) in [5.41, 5.74) is 2.14. The summed E-state index contributed by atoms with van der Waals surface area (Å²) >= 11 is 0. The first-order valence-corrected chi connectivity index (χ1v) is 10.0. The maximum atomic E-state index is 11.8. The largest absolute Gasteiger partial charge is 0.450 e. The topological polar surface area (TPSA) is 78.9 Å². The molecule has 158 valence electrons. The molecule has 1 aromatic heterocycles. The highest BCUT2D eigenvalue weighted by Crippen LogP contribution is 2.17. The van der Waals surface area contributed by atoms with E-state index >= 15 is 0 Å². The van der Waals surface area contributed by atoms with Gasteiger partial charge in [-0.1, -0.05) is 18.2 Å². The quantitative estimate of drug-likeness (QED) is 0.365. The number of aromatic nitrogens is 1. The van der Waals surface area contributed by atoms with Crippen LogP contribution in [-0.2, 0) is 11.3 Å². The molecule has 8 heteroatoms. The number of hydrogen-bond donors (Lipinski definition) is 2. The normalized spacial score (nSPS) is 15.0. The number of para-hydroxylation sites is 1. The minimum Gasteiger partial charge on any atom is -0.450 e. The van der Waals surface area contributed by atoms with Crippen molar-refractivity contribution in [3.05, 3.63) is 42.1 Å². The number of piperidine rings is 1. The number of aliphatic imine (C=N–C) groups is 1. The SMILES string of the molecule is CCNC(=NCc1ccnc2ccccc12)NC1CCN(C(=O)OCC)CC1.I. The minimum absolute atomic E-state index is 0. The van der Waals surface area contributed by atoms with Gasteiger partial charge in [0.1, 0.15) is 0 Å². The first-order valence-electron chi connectivity index (χ1n) is 10.0. The van der Waals surface area contributed by atoms with Gasteiger partial charge in [0.15, 0.2) is 5.96 Å². The van der Waals surface area contributed by atoms with E-state index < -0.39 is 0 Å². The summed E-state index contributed by atoms with van der Waals surface area (Å²) < 4.78 is 5.08. The van der Waals surface area contributed by atoms with Crippen molar-refractivity contribution in [2.75, 3.05) is 26.2 Å². The fourth-order valence-electron chi connectivity index (χ4n) is 3.39. The number of carbonyl (C=O) groups excluding carboxylic acids is 1. The zero-order chi connectivity index (χ0) is 19.8. The highest BCUT2D eigenvalue weighted by atomic mass is 127. The molecule has 0 saturated carbocycles. The summed E-state index contributed by atoms with van der Waals surface area (Å²) in [6.45, 7) is 7.08. The molecule has 1 saturated heterocycles. The number of rotatable bonds is 5. The number of amides is 1. The summed E-state index contributed by atoms with van der Waals surface area (Å²) in [6, 6.07) is 10.4. The van der Waals surface area contributed by atoms with Crippen LogP contribution >= 0.6 is 24.0 Å². The maximum Gasteiger partial charge on any atom is 0.409 e. The molecule has 0 aliphatic carbocycles. The van der Waals surface area contributed by atoms with Gasteiger partial charge in [0.05, 0.1) is 18.7 Å². The lowest BCUT2D eigenvalue weighted by Crippen LogP contribution is -2.49. The van der Waals surface area contributed by atoms with Crippen molar-refractivity contribution in [3.63, 3.8) is 0 Å². The molecule has 1 aromatic carbocycles. The van der Waals surface area contributed by atoms with Gasteiger partial charge in [-0.05, 0) is 44.4 Å². The fraction of sp³-hybridized carbons (Fsp3) is 0.476. The molecule has 1 aliphatic rings. The van der Waals surface area contributed by atoms with Gasteiger partial charge in [0.25, 0.3) is 0 Å². The average Bonchev–Trinajstić information content (AvgIpc) is 2.73. The summed E-state index contributed by atoms with van der Waals surface area (Å²) in [4.78, 5) is 22.8. The van der Waals surface area contributed by atoms with Crippen molar-refractivity contribution in [1.82, 2.24) is 20.5 Å². The summed E-state index contributed by atoms with van der Waals surface area (Å²) in [5, 5.41) is 7.96. The molecule has 1 fully saturated rings. The standard InChI is InChI=1S/C21H29N5O2.HI/c1-3-22-20(25-17-10-13-26(14-11-17)21(27)28-4-2)24-15-16-9-12-23-19-8-6-5-7-18(16)19;/h5-9,12,17H,3-4,10-11,13-15H2,1-2H3,(H2,22,24,25);1H. The van der Waals surface area contributed by atoms with E-state index in [0.29, 0.717) is 26.2 Å². The van der Waals surface area contributed by atoms with Crippen LogP contribution in [0.1, 0.15) is 32.3 Å². The summed E-state index contributed by atoms with van der Waals surface area (Å²) in [7, 11) is 0. The number of nitrogens with zero attached hydrogens (tertiary/aromatic N) is 3. The van der Waals surface area contributed by atoms with Gasteiger partial charge in [-0.2, -0.15) is 0 Å². The van der Waals surface area contributed by atoms with E-state index in [9.17, 15) is 4.79 Å². The molecule has 2 aromatic rings. The molecule has 0 bridgehead atoms. The van der Waals surface area contributed by atoms with Gasteiger partial charge in [0, 0.05) is 37.3 Å². The lowest BCUT2D eigenvalue weighted by Gasteiger charge is -2.32. The van der Waals surface area contributed by atoms with Crippen molar-refractivity contribution in [2.45, 2.75) is 39.3 Å². The third-order valence-corrected chi connectivity index (χ3v) is 4.85. The van der Waals surface area contributed by atoms with Crippen LogP contribution < -0.4 is 10.6 Å². The zero-order valence-electron chi connectivity index (χ0n) is 17.1. The summed E-state index contributed by atoms with van der Waals surface area (Å²) in [6.07, 6.45) is 3.37. The number of nitrogens with one attached hydrogen (secondary N) is 2. The number of likely N-dealkylation sites (tertiary alicyclic amines) is 1.